The largest absolute Gasteiger partial charge is 0.341 e. The molecule has 1 fully saturated rings. The van der Waals surface area contributed by atoms with Gasteiger partial charge in [0, 0.05) is 37.1 Å². The molecule has 0 unspecified atom stereocenters. The Morgan fingerprint density at radius 3 is 2.33 bits per heavy atom. The zero-order valence-corrected chi connectivity index (χ0v) is 14.8. The van der Waals surface area contributed by atoms with E-state index in [1.165, 1.54) is 0 Å². The van der Waals surface area contributed by atoms with E-state index in [2.05, 4.69) is 15.3 Å². The van der Waals surface area contributed by atoms with Gasteiger partial charge >= 0.3 is 0 Å². The number of aromatic nitrogens is 2. The van der Waals surface area contributed by atoms with Gasteiger partial charge in [-0.3, -0.25) is 4.79 Å². The molecule has 0 aliphatic carbocycles. The second-order valence-corrected chi connectivity index (χ2v) is 6.63. The number of rotatable bonds is 3. The highest BCUT2D eigenvalue weighted by Gasteiger charge is 2.26. The lowest BCUT2D eigenvalue weighted by molar-refractivity contribution is -0.120. The van der Waals surface area contributed by atoms with E-state index in [0.29, 0.717) is 31.9 Å². The Labute approximate surface area is 151 Å². The van der Waals surface area contributed by atoms with Crippen molar-refractivity contribution >= 4 is 40.1 Å². The molecule has 2 heterocycles. The van der Waals surface area contributed by atoms with E-state index in [-0.39, 0.29) is 21.1 Å². The molecule has 126 valence electrons. The highest BCUT2D eigenvalue weighted by atomic mass is 127. The summed E-state index contributed by atoms with van der Waals surface area (Å²) in [5, 5.41) is 2.60. The van der Waals surface area contributed by atoms with Crippen LogP contribution in [0, 0.1) is 21.1 Å². The van der Waals surface area contributed by atoms with Gasteiger partial charge in [0.05, 0.1) is 3.57 Å². The highest BCUT2D eigenvalue weighted by Crippen LogP contribution is 2.24. The summed E-state index contributed by atoms with van der Waals surface area (Å²) >= 11 is 1.59. The number of hydrogen-bond donors (Lipinski definition) is 1. The molecular formula is C16H15F2IN4O. The van der Waals surface area contributed by atoms with Gasteiger partial charge in [0.25, 0.3) is 0 Å². The summed E-state index contributed by atoms with van der Waals surface area (Å²) in [6, 6.07) is 4.02. The molecule has 1 saturated heterocycles. The van der Waals surface area contributed by atoms with Gasteiger partial charge in [0.2, 0.25) is 11.9 Å². The average molecular weight is 444 g/mol. The van der Waals surface area contributed by atoms with Crippen LogP contribution in [0.3, 0.4) is 0 Å². The lowest BCUT2D eigenvalue weighted by Crippen LogP contribution is -2.39. The van der Waals surface area contributed by atoms with Crippen molar-refractivity contribution in [3.8, 4) is 0 Å². The maximum absolute atomic E-state index is 13.6. The first-order valence-corrected chi connectivity index (χ1v) is 8.60. The van der Waals surface area contributed by atoms with Crippen molar-refractivity contribution in [3.63, 3.8) is 0 Å². The van der Waals surface area contributed by atoms with Crippen LogP contribution in [0.25, 0.3) is 0 Å². The molecule has 8 heteroatoms. The summed E-state index contributed by atoms with van der Waals surface area (Å²) in [7, 11) is 0. The van der Waals surface area contributed by atoms with Crippen LogP contribution in [0.5, 0.6) is 0 Å². The van der Waals surface area contributed by atoms with Crippen molar-refractivity contribution in [2.24, 2.45) is 5.92 Å². The second-order valence-electron chi connectivity index (χ2n) is 5.55. The number of piperidine rings is 1. The maximum atomic E-state index is 13.6. The standard InChI is InChI=1S/C16H15F2IN4O/c17-12-8-11(9-13(18)14(12)19)22-15(24)10-2-6-23(7-3-10)16-20-4-1-5-21-16/h1,4-5,8-10H,2-3,6-7H2,(H,22,24). The van der Waals surface area contributed by atoms with Crippen LogP contribution < -0.4 is 10.2 Å². The minimum Gasteiger partial charge on any atom is -0.341 e. The van der Waals surface area contributed by atoms with Crippen LogP contribution >= 0.6 is 22.6 Å². The molecule has 1 amide bonds. The predicted octanol–water partition coefficient (Wildman–Crippen LogP) is 3.21. The van der Waals surface area contributed by atoms with E-state index in [9.17, 15) is 13.6 Å². The topological polar surface area (TPSA) is 58.1 Å². The molecule has 3 rings (SSSR count). The van der Waals surface area contributed by atoms with E-state index in [4.69, 9.17) is 0 Å². The van der Waals surface area contributed by atoms with Crippen LogP contribution in [0.1, 0.15) is 12.8 Å². The van der Waals surface area contributed by atoms with E-state index in [1.54, 1.807) is 41.1 Å². The summed E-state index contributed by atoms with van der Waals surface area (Å²) < 4.78 is 27.0. The van der Waals surface area contributed by atoms with Crippen molar-refractivity contribution < 1.29 is 13.6 Å². The van der Waals surface area contributed by atoms with Crippen LogP contribution in [-0.4, -0.2) is 29.0 Å². The van der Waals surface area contributed by atoms with Crippen molar-refractivity contribution in [2.45, 2.75) is 12.8 Å². The van der Waals surface area contributed by atoms with E-state index in [0.717, 1.165) is 12.1 Å². The summed E-state index contributed by atoms with van der Waals surface area (Å²) in [5.41, 5.74) is 0.143. The zero-order chi connectivity index (χ0) is 17.1. The predicted molar refractivity (Wildman–Crippen MR) is 94.7 cm³/mol. The Balaban J connectivity index is 1.59. The molecule has 1 aromatic carbocycles. The highest BCUT2D eigenvalue weighted by molar-refractivity contribution is 14.1. The lowest BCUT2D eigenvalue weighted by Gasteiger charge is -2.31. The fraction of sp³-hybridized carbons (Fsp3) is 0.312. The minimum absolute atomic E-state index is 0.0817. The molecule has 1 aromatic heterocycles. The molecule has 2 aromatic rings. The fourth-order valence-corrected chi connectivity index (χ4v) is 2.98. The Bertz CT molecular complexity index is 713. The first-order chi connectivity index (χ1) is 11.5. The minimum atomic E-state index is -0.679. The smallest absolute Gasteiger partial charge is 0.227 e. The number of amides is 1. The third-order valence-corrected chi connectivity index (χ3v) is 4.98. The number of carbonyl (C=O) groups excluding carboxylic acids is 1. The Kier molecular flexibility index (Phi) is 5.22. The summed E-state index contributed by atoms with van der Waals surface area (Å²) in [5.74, 6) is -1.12. The van der Waals surface area contributed by atoms with Gasteiger partial charge in [-0.2, -0.15) is 0 Å². The molecule has 0 bridgehead atoms. The Hall–Kier alpha value is -1.84. The Morgan fingerprint density at radius 2 is 1.75 bits per heavy atom. The number of anilines is 2. The molecule has 0 radical (unpaired) electrons. The molecule has 0 saturated carbocycles. The summed E-state index contributed by atoms with van der Waals surface area (Å²) in [6.07, 6.45) is 4.64. The van der Waals surface area contributed by atoms with Gasteiger partial charge < -0.3 is 10.2 Å². The molecule has 1 N–H and O–H groups in total. The van der Waals surface area contributed by atoms with E-state index in [1.807, 2.05) is 4.90 Å². The van der Waals surface area contributed by atoms with Crippen molar-refractivity contribution in [1.82, 2.24) is 9.97 Å². The average Bonchev–Trinajstić information content (AvgIpc) is 2.60. The number of carbonyl (C=O) groups is 1. The Morgan fingerprint density at radius 1 is 1.17 bits per heavy atom. The van der Waals surface area contributed by atoms with Crippen LogP contribution in [0.15, 0.2) is 30.6 Å². The fourth-order valence-electron chi connectivity index (χ4n) is 2.67. The normalized spacial score (nSPS) is 15.4. The van der Waals surface area contributed by atoms with Crippen LogP contribution in [0.4, 0.5) is 20.4 Å². The molecule has 0 spiro atoms. The molecule has 24 heavy (non-hydrogen) atoms. The molecule has 1 aliphatic heterocycles. The zero-order valence-electron chi connectivity index (χ0n) is 12.7. The van der Waals surface area contributed by atoms with Crippen LogP contribution in [0.2, 0.25) is 0 Å². The van der Waals surface area contributed by atoms with Gasteiger partial charge in [0.15, 0.2) is 0 Å². The number of nitrogens with one attached hydrogen (secondary N) is 1. The number of hydrogen-bond acceptors (Lipinski definition) is 4. The number of nitrogens with zero attached hydrogens (tertiary/aromatic N) is 3. The molecule has 5 nitrogen and oxygen atoms in total. The molecule has 1 aliphatic rings. The van der Waals surface area contributed by atoms with Gasteiger partial charge in [-0.15, -0.1) is 0 Å². The van der Waals surface area contributed by atoms with Gasteiger partial charge in [-0.05, 0) is 53.6 Å². The second kappa shape index (κ2) is 7.37. The SMILES string of the molecule is O=C(Nc1cc(F)c(I)c(F)c1)C1CCN(c2ncccn2)CC1. The van der Waals surface area contributed by atoms with Gasteiger partial charge in [0.1, 0.15) is 11.6 Å². The van der Waals surface area contributed by atoms with Crippen LogP contribution in [-0.2, 0) is 4.79 Å². The number of halogens is 3. The molecular weight excluding hydrogens is 429 g/mol. The van der Waals surface area contributed by atoms with Gasteiger partial charge in [-0.1, -0.05) is 0 Å². The third-order valence-electron chi connectivity index (χ3n) is 3.95. The summed E-state index contributed by atoms with van der Waals surface area (Å²) in [6.45, 7) is 1.33. The third kappa shape index (κ3) is 3.80. The van der Waals surface area contributed by atoms with E-state index >= 15 is 0 Å². The first-order valence-electron chi connectivity index (χ1n) is 7.52. The quantitative estimate of drug-likeness (QED) is 0.584. The monoisotopic (exact) mass is 444 g/mol. The lowest BCUT2D eigenvalue weighted by atomic mass is 9.96. The summed E-state index contributed by atoms with van der Waals surface area (Å²) in [4.78, 5) is 22.7. The number of benzene rings is 1. The van der Waals surface area contributed by atoms with Crippen molar-refractivity contribution in [3.05, 3.63) is 45.8 Å². The van der Waals surface area contributed by atoms with Crippen molar-refractivity contribution in [2.75, 3.05) is 23.3 Å². The maximum Gasteiger partial charge on any atom is 0.227 e. The van der Waals surface area contributed by atoms with Crippen molar-refractivity contribution in [1.29, 1.82) is 0 Å². The van der Waals surface area contributed by atoms with Gasteiger partial charge in [-0.25, -0.2) is 18.7 Å². The first kappa shape index (κ1) is 17.0. The molecule has 0 atom stereocenters. The van der Waals surface area contributed by atoms with E-state index < -0.39 is 11.6 Å².